The maximum atomic E-state index is 11.9. The summed E-state index contributed by atoms with van der Waals surface area (Å²) in [6.45, 7) is 2.60. The van der Waals surface area contributed by atoms with Gasteiger partial charge in [-0.1, -0.05) is 54.1 Å². The molecule has 0 saturated heterocycles. The standard InChI is InChI=1S/C18H21N3O/c1-13-3-2-4-15(11-13)12-21-17(22)10-7-14-5-8-16(9-6-14)18(19)20/h2-6,8-9,11H,7,10,12H2,1H3,(H3,19,20)(H,21,22). The molecule has 22 heavy (non-hydrogen) atoms. The summed E-state index contributed by atoms with van der Waals surface area (Å²) in [5, 5.41) is 10.3. The molecular formula is C18H21N3O. The predicted molar refractivity (Wildman–Crippen MR) is 88.8 cm³/mol. The van der Waals surface area contributed by atoms with Crippen LogP contribution < -0.4 is 11.1 Å². The highest BCUT2D eigenvalue weighted by Gasteiger charge is 2.03. The lowest BCUT2D eigenvalue weighted by Gasteiger charge is -2.07. The highest BCUT2D eigenvalue weighted by molar-refractivity contribution is 5.94. The zero-order valence-electron chi connectivity index (χ0n) is 12.7. The van der Waals surface area contributed by atoms with Gasteiger partial charge in [-0.05, 0) is 24.5 Å². The first-order valence-electron chi connectivity index (χ1n) is 7.30. The summed E-state index contributed by atoms with van der Waals surface area (Å²) in [7, 11) is 0. The second kappa shape index (κ2) is 7.41. The summed E-state index contributed by atoms with van der Waals surface area (Å²) < 4.78 is 0. The van der Waals surface area contributed by atoms with Crippen molar-refractivity contribution in [2.45, 2.75) is 26.3 Å². The minimum absolute atomic E-state index is 0.0390. The third-order valence-electron chi connectivity index (χ3n) is 3.48. The number of rotatable bonds is 6. The first kappa shape index (κ1) is 15.8. The van der Waals surface area contributed by atoms with Gasteiger partial charge in [0.1, 0.15) is 5.84 Å². The van der Waals surface area contributed by atoms with Gasteiger partial charge in [0.05, 0.1) is 0 Å². The molecule has 0 unspecified atom stereocenters. The molecule has 1 amide bonds. The molecule has 0 heterocycles. The van der Waals surface area contributed by atoms with E-state index in [0.717, 1.165) is 11.1 Å². The Balaban J connectivity index is 1.79. The molecule has 0 aliphatic rings. The molecule has 2 aromatic rings. The summed E-state index contributed by atoms with van der Waals surface area (Å²) in [6, 6.07) is 15.5. The van der Waals surface area contributed by atoms with Crippen molar-refractivity contribution in [1.82, 2.24) is 5.32 Å². The molecule has 2 rings (SSSR count). The summed E-state index contributed by atoms with van der Waals surface area (Å²) in [4.78, 5) is 11.9. The predicted octanol–water partition coefficient (Wildman–Crippen LogP) is 2.53. The molecule has 0 aliphatic heterocycles. The van der Waals surface area contributed by atoms with Crippen LogP contribution in [0.25, 0.3) is 0 Å². The number of carbonyl (C=O) groups is 1. The molecule has 0 atom stereocenters. The Morgan fingerprint density at radius 3 is 2.50 bits per heavy atom. The van der Waals surface area contributed by atoms with Crippen LogP contribution in [0, 0.1) is 12.3 Å². The van der Waals surface area contributed by atoms with Gasteiger partial charge in [0.15, 0.2) is 0 Å². The fourth-order valence-corrected chi connectivity index (χ4v) is 2.22. The van der Waals surface area contributed by atoms with E-state index in [1.54, 1.807) is 0 Å². The van der Waals surface area contributed by atoms with Crippen LogP contribution in [0.3, 0.4) is 0 Å². The van der Waals surface area contributed by atoms with Gasteiger partial charge >= 0.3 is 0 Å². The third-order valence-corrected chi connectivity index (χ3v) is 3.48. The van der Waals surface area contributed by atoms with E-state index in [4.69, 9.17) is 11.1 Å². The Morgan fingerprint density at radius 2 is 1.86 bits per heavy atom. The van der Waals surface area contributed by atoms with Crippen molar-refractivity contribution in [2.24, 2.45) is 5.73 Å². The minimum Gasteiger partial charge on any atom is -0.384 e. The second-order valence-electron chi connectivity index (χ2n) is 5.38. The van der Waals surface area contributed by atoms with Crippen LogP contribution in [0.4, 0.5) is 0 Å². The van der Waals surface area contributed by atoms with Gasteiger partial charge in [-0.2, -0.15) is 0 Å². The number of nitrogens with two attached hydrogens (primary N) is 1. The van der Waals surface area contributed by atoms with Crippen LogP contribution in [0.5, 0.6) is 0 Å². The quantitative estimate of drug-likeness (QED) is 0.565. The van der Waals surface area contributed by atoms with Crippen LogP contribution in [-0.4, -0.2) is 11.7 Å². The van der Waals surface area contributed by atoms with Crippen molar-refractivity contribution >= 4 is 11.7 Å². The maximum absolute atomic E-state index is 11.9. The molecule has 114 valence electrons. The van der Waals surface area contributed by atoms with Gasteiger partial charge in [-0.15, -0.1) is 0 Å². The highest BCUT2D eigenvalue weighted by Crippen LogP contribution is 2.07. The van der Waals surface area contributed by atoms with Gasteiger partial charge in [0.2, 0.25) is 5.91 Å². The van der Waals surface area contributed by atoms with Crippen molar-refractivity contribution in [1.29, 1.82) is 5.41 Å². The van der Waals surface area contributed by atoms with Crippen LogP contribution in [0.2, 0.25) is 0 Å². The maximum Gasteiger partial charge on any atom is 0.220 e. The topological polar surface area (TPSA) is 79.0 Å². The van der Waals surface area contributed by atoms with Crippen LogP contribution >= 0.6 is 0 Å². The first-order valence-corrected chi connectivity index (χ1v) is 7.30. The molecule has 0 fully saturated rings. The van der Waals surface area contributed by atoms with Gasteiger partial charge in [0, 0.05) is 18.5 Å². The Morgan fingerprint density at radius 1 is 1.14 bits per heavy atom. The Labute approximate surface area is 130 Å². The van der Waals surface area contributed by atoms with Crippen LogP contribution in [0.15, 0.2) is 48.5 Å². The molecule has 0 saturated carbocycles. The number of aryl methyl sites for hydroxylation is 2. The number of benzene rings is 2. The SMILES string of the molecule is Cc1cccc(CNC(=O)CCc2ccc(C(=N)N)cc2)c1. The summed E-state index contributed by atoms with van der Waals surface area (Å²) in [5.74, 6) is 0.0969. The fourth-order valence-electron chi connectivity index (χ4n) is 2.22. The minimum atomic E-state index is 0.0390. The van der Waals surface area contributed by atoms with Crippen molar-refractivity contribution in [3.8, 4) is 0 Å². The lowest BCUT2D eigenvalue weighted by atomic mass is 10.1. The number of nitrogen functional groups attached to an aromatic ring is 1. The van der Waals surface area contributed by atoms with Crippen molar-refractivity contribution in [2.75, 3.05) is 0 Å². The Bertz CT molecular complexity index is 662. The number of hydrogen-bond acceptors (Lipinski definition) is 2. The molecule has 0 bridgehead atoms. The number of amidine groups is 1. The van der Waals surface area contributed by atoms with E-state index in [1.165, 1.54) is 5.56 Å². The normalized spacial score (nSPS) is 10.2. The van der Waals surface area contributed by atoms with E-state index in [1.807, 2.05) is 49.4 Å². The van der Waals surface area contributed by atoms with Gasteiger partial charge < -0.3 is 11.1 Å². The first-order chi connectivity index (χ1) is 10.5. The molecule has 4 heteroatoms. The summed E-state index contributed by atoms with van der Waals surface area (Å²) >= 11 is 0. The second-order valence-corrected chi connectivity index (χ2v) is 5.38. The zero-order chi connectivity index (χ0) is 15.9. The average Bonchev–Trinajstić information content (AvgIpc) is 2.51. The number of hydrogen-bond donors (Lipinski definition) is 3. The van der Waals surface area contributed by atoms with E-state index in [-0.39, 0.29) is 11.7 Å². The molecule has 0 aromatic heterocycles. The number of nitrogens with one attached hydrogen (secondary N) is 2. The zero-order valence-corrected chi connectivity index (χ0v) is 12.7. The van der Waals surface area contributed by atoms with Gasteiger partial charge in [-0.25, -0.2) is 0 Å². The number of amides is 1. The van der Waals surface area contributed by atoms with E-state index in [9.17, 15) is 4.79 Å². The molecule has 0 radical (unpaired) electrons. The van der Waals surface area contributed by atoms with E-state index < -0.39 is 0 Å². The Kier molecular flexibility index (Phi) is 5.31. The largest absolute Gasteiger partial charge is 0.384 e. The highest BCUT2D eigenvalue weighted by atomic mass is 16.1. The van der Waals surface area contributed by atoms with E-state index in [0.29, 0.717) is 24.9 Å². The molecule has 4 nitrogen and oxygen atoms in total. The van der Waals surface area contributed by atoms with E-state index in [2.05, 4.69) is 11.4 Å². The molecule has 0 aliphatic carbocycles. The monoisotopic (exact) mass is 295 g/mol. The van der Waals surface area contributed by atoms with Crippen LogP contribution in [-0.2, 0) is 17.8 Å². The average molecular weight is 295 g/mol. The van der Waals surface area contributed by atoms with Crippen molar-refractivity contribution in [3.63, 3.8) is 0 Å². The molecule has 4 N–H and O–H groups in total. The Hall–Kier alpha value is -2.62. The van der Waals surface area contributed by atoms with Gasteiger partial charge in [0.25, 0.3) is 0 Å². The fraction of sp³-hybridized carbons (Fsp3) is 0.222. The van der Waals surface area contributed by atoms with Crippen molar-refractivity contribution in [3.05, 3.63) is 70.8 Å². The van der Waals surface area contributed by atoms with Crippen LogP contribution in [0.1, 0.15) is 28.7 Å². The molecular weight excluding hydrogens is 274 g/mol. The van der Waals surface area contributed by atoms with Gasteiger partial charge in [-0.3, -0.25) is 10.2 Å². The number of carbonyl (C=O) groups excluding carboxylic acids is 1. The third kappa shape index (κ3) is 4.74. The van der Waals surface area contributed by atoms with Crippen molar-refractivity contribution < 1.29 is 4.79 Å². The smallest absolute Gasteiger partial charge is 0.220 e. The summed E-state index contributed by atoms with van der Waals surface area (Å²) in [5.41, 5.74) is 9.48. The molecule has 2 aromatic carbocycles. The lowest BCUT2D eigenvalue weighted by molar-refractivity contribution is -0.121. The molecule has 0 spiro atoms. The lowest BCUT2D eigenvalue weighted by Crippen LogP contribution is -2.23. The van der Waals surface area contributed by atoms with E-state index >= 15 is 0 Å². The summed E-state index contributed by atoms with van der Waals surface area (Å²) in [6.07, 6.45) is 1.13.